The van der Waals surface area contributed by atoms with Gasteiger partial charge < -0.3 is 16.3 Å². The van der Waals surface area contributed by atoms with Crippen molar-refractivity contribution in [2.24, 2.45) is 16.3 Å². The number of nitrogens with one attached hydrogen (secondary N) is 1. The Kier molecular flexibility index (Phi) is 2.36. The van der Waals surface area contributed by atoms with Gasteiger partial charge in [0, 0.05) is 5.38 Å². The van der Waals surface area contributed by atoms with Gasteiger partial charge in [0.2, 0.25) is 5.91 Å². The fraction of sp³-hybridized carbons (Fsp3) is 0.333. The van der Waals surface area contributed by atoms with E-state index in [1.165, 1.54) is 11.3 Å². The second-order valence-electron chi connectivity index (χ2n) is 3.53. The predicted octanol–water partition coefficient (Wildman–Crippen LogP) is 1.21. The second kappa shape index (κ2) is 3.54. The van der Waals surface area contributed by atoms with Gasteiger partial charge in [-0.15, -0.1) is 0 Å². The maximum Gasteiger partial charge on any atom is 0.238 e. The number of nitrogens with two attached hydrogens (primary N) is 1. The Morgan fingerprint density at radius 3 is 2.87 bits per heavy atom. The van der Waals surface area contributed by atoms with Crippen molar-refractivity contribution in [3.05, 3.63) is 16.8 Å². The standard InChI is InChI=1S/C9H11N3O2S/c10-7(12-14)9(2-3-9)8(13)11-6-1-4-15-5-6/h1,4-5,14H,2-3H2,(H2,10,12)(H,11,13). The number of hydrogen-bond acceptors (Lipinski definition) is 4. The molecule has 0 aromatic carbocycles. The van der Waals surface area contributed by atoms with Crippen LogP contribution in [0.2, 0.25) is 0 Å². The molecule has 1 amide bonds. The topological polar surface area (TPSA) is 87.7 Å². The number of amidine groups is 1. The van der Waals surface area contributed by atoms with E-state index in [-0.39, 0.29) is 11.7 Å². The Morgan fingerprint density at radius 1 is 1.67 bits per heavy atom. The monoisotopic (exact) mass is 225 g/mol. The number of oxime groups is 1. The van der Waals surface area contributed by atoms with E-state index < -0.39 is 5.41 Å². The smallest absolute Gasteiger partial charge is 0.238 e. The number of hydrogen-bond donors (Lipinski definition) is 3. The van der Waals surface area contributed by atoms with Crippen LogP contribution in [-0.4, -0.2) is 17.0 Å². The number of nitrogens with zero attached hydrogens (tertiary/aromatic N) is 1. The van der Waals surface area contributed by atoms with Crippen LogP contribution >= 0.6 is 11.3 Å². The average Bonchev–Trinajstić information content (AvgIpc) is 2.91. The molecule has 5 nitrogen and oxygen atoms in total. The maximum absolute atomic E-state index is 11.8. The Balaban J connectivity index is 2.09. The minimum Gasteiger partial charge on any atom is -0.409 e. The van der Waals surface area contributed by atoms with Gasteiger partial charge in [0.05, 0.1) is 5.69 Å². The van der Waals surface area contributed by atoms with Crippen LogP contribution in [0, 0.1) is 5.41 Å². The lowest BCUT2D eigenvalue weighted by Crippen LogP contribution is -2.36. The van der Waals surface area contributed by atoms with Crippen LogP contribution in [0.4, 0.5) is 5.69 Å². The highest BCUT2D eigenvalue weighted by Crippen LogP contribution is 2.46. The van der Waals surface area contributed by atoms with Crippen molar-refractivity contribution in [2.75, 3.05) is 5.32 Å². The summed E-state index contributed by atoms with van der Waals surface area (Å²) >= 11 is 1.50. The summed E-state index contributed by atoms with van der Waals surface area (Å²) in [4.78, 5) is 11.8. The molecule has 1 aromatic heterocycles. The average molecular weight is 225 g/mol. The molecule has 0 unspecified atom stereocenters. The van der Waals surface area contributed by atoms with E-state index in [0.29, 0.717) is 12.8 Å². The Bertz CT molecular complexity index is 395. The molecule has 0 radical (unpaired) electrons. The molecule has 15 heavy (non-hydrogen) atoms. The molecule has 1 saturated carbocycles. The Morgan fingerprint density at radius 2 is 2.40 bits per heavy atom. The van der Waals surface area contributed by atoms with Gasteiger partial charge >= 0.3 is 0 Å². The summed E-state index contributed by atoms with van der Waals surface area (Å²) in [5, 5.41) is 17.9. The van der Waals surface area contributed by atoms with Crippen LogP contribution in [0.5, 0.6) is 0 Å². The lowest BCUT2D eigenvalue weighted by Gasteiger charge is -2.12. The Labute approximate surface area is 90.6 Å². The second-order valence-corrected chi connectivity index (χ2v) is 4.31. The summed E-state index contributed by atoms with van der Waals surface area (Å²) in [6.07, 6.45) is 1.28. The van der Waals surface area contributed by atoms with Gasteiger partial charge in [0.25, 0.3) is 0 Å². The van der Waals surface area contributed by atoms with Gasteiger partial charge in [-0.1, -0.05) is 5.16 Å². The van der Waals surface area contributed by atoms with Gasteiger partial charge in [-0.25, -0.2) is 0 Å². The van der Waals surface area contributed by atoms with E-state index in [2.05, 4.69) is 10.5 Å². The summed E-state index contributed by atoms with van der Waals surface area (Å²) in [6.45, 7) is 0. The lowest BCUT2D eigenvalue weighted by atomic mass is 10.1. The molecule has 6 heteroatoms. The molecule has 4 N–H and O–H groups in total. The molecule has 1 aliphatic rings. The minimum absolute atomic E-state index is 0.00442. The molecular formula is C9H11N3O2S. The molecule has 1 aliphatic carbocycles. The van der Waals surface area contributed by atoms with E-state index in [4.69, 9.17) is 10.9 Å². The van der Waals surface area contributed by atoms with E-state index in [0.717, 1.165) is 5.69 Å². The van der Waals surface area contributed by atoms with Crippen molar-refractivity contribution in [1.29, 1.82) is 0 Å². The van der Waals surface area contributed by atoms with Crippen molar-refractivity contribution in [2.45, 2.75) is 12.8 Å². The van der Waals surface area contributed by atoms with Gasteiger partial charge in [0.1, 0.15) is 5.41 Å². The maximum atomic E-state index is 11.8. The summed E-state index contributed by atoms with van der Waals surface area (Å²) in [6, 6.07) is 1.81. The van der Waals surface area contributed by atoms with Crippen molar-refractivity contribution < 1.29 is 10.0 Å². The molecule has 1 heterocycles. The Hall–Kier alpha value is -1.56. The van der Waals surface area contributed by atoms with Gasteiger partial charge in [-0.3, -0.25) is 4.79 Å². The highest BCUT2D eigenvalue weighted by atomic mass is 32.1. The third-order valence-electron chi connectivity index (χ3n) is 2.56. The van der Waals surface area contributed by atoms with Crippen molar-refractivity contribution in [3.8, 4) is 0 Å². The number of thiophene rings is 1. The van der Waals surface area contributed by atoms with Crippen LogP contribution in [0.25, 0.3) is 0 Å². The molecule has 0 atom stereocenters. The zero-order valence-electron chi connectivity index (χ0n) is 7.93. The molecule has 0 aliphatic heterocycles. The predicted molar refractivity (Wildman–Crippen MR) is 58.0 cm³/mol. The number of carbonyl (C=O) groups is 1. The summed E-state index contributed by atoms with van der Waals surface area (Å²) in [7, 11) is 0. The van der Waals surface area contributed by atoms with Gasteiger partial charge in [0.15, 0.2) is 5.84 Å². The highest BCUT2D eigenvalue weighted by Gasteiger charge is 2.54. The normalized spacial score (nSPS) is 18.5. The van der Waals surface area contributed by atoms with Crippen LogP contribution in [0.1, 0.15) is 12.8 Å². The molecule has 1 aromatic rings. The first-order valence-electron chi connectivity index (χ1n) is 4.51. The van der Waals surface area contributed by atoms with E-state index in [1.54, 1.807) is 0 Å². The molecule has 1 fully saturated rings. The fourth-order valence-corrected chi connectivity index (χ4v) is 1.99. The molecule has 0 bridgehead atoms. The van der Waals surface area contributed by atoms with E-state index in [9.17, 15) is 4.79 Å². The fourth-order valence-electron chi connectivity index (χ4n) is 1.41. The number of anilines is 1. The largest absolute Gasteiger partial charge is 0.409 e. The van der Waals surface area contributed by atoms with Gasteiger partial charge in [-0.2, -0.15) is 11.3 Å². The van der Waals surface area contributed by atoms with Crippen molar-refractivity contribution in [3.63, 3.8) is 0 Å². The minimum atomic E-state index is -0.781. The third kappa shape index (κ3) is 1.68. The van der Waals surface area contributed by atoms with Crippen LogP contribution < -0.4 is 11.1 Å². The van der Waals surface area contributed by atoms with Crippen molar-refractivity contribution in [1.82, 2.24) is 0 Å². The zero-order valence-corrected chi connectivity index (χ0v) is 8.75. The zero-order chi connectivity index (χ0) is 10.9. The number of amides is 1. The SMILES string of the molecule is N/C(=N/O)C1(C(=O)Nc2ccsc2)CC1. The molecule has 0 spiro atoms. The first-order valence-corrected chi connectivity index (χ1v) is 5.45. The number of rotatable bonds is 3. The highest BCUT2D eigenvalue weighted by molar-refractivity contribution is 7.08. The third-order valence-corrected chi connectivity index (χ3v) is 3.24. The van der Waals surface area contributed by atoms with Crippen LogP contribution in [0.15, 0.2) is 22.0 Å². The first-order chi connectivity index (χ1) is 7.19. The summed E-state index contributed by atoms with van der Waals surface area (Å²) in [5.41, 5.74) is 5.46. The quantitative estimate of drug-likeness (QED) is 0.313. The van der Waals surface area contributed by atoms with Crippen molar-refractivity contribution >= 4 is 28.8 Å². The summed E-state index contributed by atoms with van der Waals surface area (Å²) in [5.74, 6) is -0.202. The molecule has 0 saturated heterocycles. The van der Waals surface area contributed by atoms with Crippen LogP contribution in [-0.2, 0) is 4.79 Å². The molecule has 2 rings (SSSR count). The van der Waals surface area contributed by atoms with E-state index in [1.807, 2.05) is 16.8 Å². The van der Waals surface area contributed by atoms with E-state index >= 15 is 0 Å². The van der Waals surface area contributed by atoms with Gasteiger partial charge in [-0.05, 0) is 24.3 Å². The molecule has 80 valence electrons. The lowest BCUT2D eigenvalue weighted by molar-refractivity contribution is -0.119. The van der Waals surface area contributed by atoms with Crippen LogP contribution in [0.3, 0.4) is 0 Å². The number of carbonyl (C=O) groups excluding carboxylic acids is 1. The summed E-state index contributed by atoms with van der Waals surface area (Å²) < 4.78 is 0. The molecular weight excluding hydrogens is 214 g/mol. The first kappa shape index (κ1) is 9.97.